The highest BCUT2D eigenvalue weighted by Crippen LogP contribution is 2.23. The number of aromatic nitrogens is 4. The van der Waals surface area contributed by atoms with Gasteiger partial charge < -0.3 is 0 Å². The zero-order valence-electron chi connectivity index (χ0n) is 15.1. The number of hydrogen-bond acceptors (Lipinski definition) is 3. The molecule has 2 heterocycles. The Morgan fingerprint density at radius 3 is 2.41 bits per heavy atom. The van der Waals surface area contributed by atoms with Crippen LogP contribution in [0.1, 0.15) is 5.56 Å². The van der Waals surface area contributed by atoms with Crippen molar-refractivity contribution in [2.45, 2.75) is 6.54 Å². The summed E-state index contributed by atoms with van der Waals surface area (Å²) in [5.74, 6) is 0.0321. The molecule has 5 aromatic rings. The van der Waals surface area contributed by atoms with Gasteiger partial charge in [0.15, 0.2) is 5.82 Å². The van der Waals surface area contributed by atoms with Crippen LogP contribution in [0.15, 0.2) is 77.6 Å². The fourth-order valence-electron chi connectivity index (χ4n) is 3.49. The summed E-state index contributed by atoms with van der Waals surface area (Å²) in [5, 5.41) is 8.96. The highest BCUT2D eigenvalue weighted by Gasteiger charge is 2.18. The van der Waals surface area contributed by atoms with Crippen LogP contribution in [0.25, 0.3) is 28.1 Å². The Morgan fingerprint density at radius 1 is 0.828 bits per heavy atom. The highest BCUT2D eigenvalue weighted by atomic mass is 19.1. The van der Waals surface area contributed by atoms with Crippen molar-refractivity contribution in [1.29, 1.82) is 0 Å². The van der Waals surface area contributed by atoms with E-state index in [1.165, 1.54) is 28.8 Å². The molecule has 0 bridgehead atoms. The van der Waals surface area contributed by atoms with Crippen LogP contribution in [0, 0.1) is 11.6 Å². The Hall–Kier alpha value is -3.87. The van der Waals surface area contributed by atoms with Crippen molar-refractivity contribution < 1.29 is 8.78 Å². The van der Waals surface area contributed by atoms with Crippen LogP contribution in [0.4, 0.5) is 8.78 Å². The fraction of sp³-hybridized carbons (Fsp3) is 0.0455. The summed E-state index contributed by atoms with van der Waals surface area (Å²) in [6.45, 7) is 0.203. The fourth-order valence-corrected chi connectivity index (χ4v) is 3.49. The summed E-state index contributed by atoms with van der Waals surface area (Å²) in [4.78, 5) is 13.2. The van der Waals surface area contributed by atoms with Gasteiger partial charge in [-0.25, -0.2) is 8.78 Å². The molecule has 3 aromatic carbocycles. The lowest BCUT2D eigenvalue weighted by Gasteiger charge is -2.11. The van der Waals surface area contributed by atoms with Crippen molar-refractivity contribution in [3.63, 3.8) is 0 Å². The van der Waals surface area contributed by atoms with Crippen LogP contribution in [0.5, 0.6) is 0 Å². The molecule has 5 rings (SSSR count). The second-order valence-electron chi connectivity index (χ2n) is 6.70. The Balaban J connectivity index is 1.82. The van der Waals surface area contributed by atoms with Gasteiger partial charge in [0.1, 0.15) is 11.6 Å². The Labute approximate surface area is 163 Å². The second-order valence-corrected chi connectivity index (χ2v) is 6.70. The van der Waals surface area contributed by atoms with Crippen LogP contribution < -0.4 is 5.56 Å². The molecule has 0 spiro atoms. The summed E-state index contributed by atoms with van der Waals surface area (Å²) in [5.41, 5.74) is 1.71. The normalized spacial score (nSPS) is 11.4. The first-order valence-electron chi connectivity index (χ1n) is 8.99. The van der Waals surface area contributed by atoms with E-state index in [4.69, 9.17) is 0 Å². The van der Waals surface area contributed by atoms with E-state index in [2.05, 4.69) is 10.2 Å². The summed E-state index contributed by atoms with van der Waals surface area (Å²) in [6.07, 6.45) is 0. The predicted molar refractivity (Wildman–Crippen MR) is 106 cm³/mol. The first kappa shape index (κ1) is 17.2. The first-order chi connectivity index (χ1) is 14.1. The van der Waals surface area contributed by atoms with Gasteiger partial charge in [-0.1, -0.05) is 36.4 Å². The van der Waals surface area contributed by atoms with Crippen molar-refractivity contribution in [3.8, 4) is 11.4 Å². The molecule has 0 aliphatic heterocycles. The topological polar surface area (TPSA) is 52.2 Å². The third kappa shape index (κ3) is 2.87. The Kier molecular flexibility index (Phi) is 3.94. The van der Waals surface area contributed by atoms with Gasteiger partial charge in [-0.2, -0.15) is 0 Å². The smallest absolute Gasteiger partial charge is 0.263 e. The molecule has 7 heteroatoms. The molecule has 0 aliphatic rings. The Morgan fingerprint density at radius 2 is 1.62 bits per heavy atom. The molecular weight excluding hydrogens is 374 g/mol. The number of benzene rings is 3. The maximum absolute atomic E-state index is 13.8. The van der Waals surface area contributed by atoms with Crippen LogP contribution in [-0.4, -0.2) is 19.2 Å². The molecule has 0 unspecified atom stereocenters. The average Bonchev–Trinajstić information content (AvgIpc) is 3.18. The molecule has 0 radical (unpaired) electrons. The largest absolute Gasteiger partial charge is 0.272 e. The minimum Gasteiger partial charge on any atom is -0.272 e. The predicted octanol–water partition coefficient (Wildman–Crippen LogP) is 4.04. The standard InChI is InChI=1S/C22H14F2N4O/c23-16-10-8-14(9-11-16)13-27-21(29)18-6-1-2-7-19(18)28-20(25-26-22(27)28)15-4-3-5-17(24)12-15/h1-12H,13H2. The molecule has 0 atom stereocenters. The van der Waals surface area contributed by atoms with E-state index >= 15 is 0 Å². The summed E-state index contributed by atoms with van der Waals surface area (Å²) < 4.78 is 30.3. The number of hydrogen-bond donors (Lipinski definition) is 0. The van der Waals surface area contributed by atoms with Crippen LogP contribution in [0.2, 0.25) is 0 Å². The average molecular weight is 388 g/mol. The van der Waals surface area contributed by atoms with E-state index in [0.717, 1.165) is 5.56 Å². The van der Waals surface area contributed by atoms with E-state index in [0.29, 0.717) is 28.1 Å². The number of nitrogens with zero attached hydrogens (tertiary/aromatic N) is 4. The lowest BCUT2D eigenvalue weighted by molar-refractivity contribution is 0.626. The Bertz CT molecular complexity index is 1420. The lowest BCUT2D eigenvalue weighted by Crippen LogP contribution is -2.24. The van der Waals surface area contributed by atoms with Gasteiger partial charge >= 0.3 is 0 Å². The molecule has 0 amide bonds. The third-order valence-electron chi connectivity index (χ3n) is 4.84. The number of para-hydroxylation sites is 1. The molecule has 142 valence electrons. The van der Waals surface area contributed by atoms with Crippen molar-refractivity contribution in [2.75, 3.05) is 0 Å². The van der Waals surface area contributed by atoms with Gasteiger partial charge in [-0.3, -0.25) is 13.8 Å². The van der Waals surface area contributed by atoms with E-state index in [1.54, 1.807) is 46.9 Å². The second kappa shape index (κ2) is 6.63. The first-order valence-corrected chi connectivity index (χ1v) is 8.99. The zero-order chi connectivity index (χ0) is 20.0. The highest BCUT2D eigenvalue weighted by molar-refractivity contribution is 5.82. The van der Waals surface area contributed by atoms with E-state index in [9.17, 15) is 13.6 Å². The number of rotatable bonds is 3. The van der Waals surface area contributed by atoms with Crippen LogP contribution >= 0.6 is 0 Å². The lowest BCUT2D eigenvalue weighted by atomic mass is 10.2. The molecule has 0 saturated heterocycles. The summed E-state index contributed by atoms with van der Waals surface area (Å²) >= 11 is 0. The van der Waals surface area contributed by atoms with E-state index in [1.807, 2.05) is 6.07 Å². The maximum Gasteiger partial charge on any atom is 0.263 e. The quantitative estimate of drug-likeness (QED) is 0.469. The maximum atomic E-state index is 13.8. The molecule has 5 nitrogen and oxygen atoms in total. The molecule has 0 aliphatic carbocycles. The minimum atomic E-state index is -0.386. The summed E-state index contributed by atoms with van der Waals surface area (Å²) in [7, 11) is 0. The SMILES string of the molecule is O=c1c2ccccc2n2c(-c3cccc(F)c3)nnc2n1Cc1ccc(F)cc1. The van der Waals surface area contributed by atoms with Crippen molar-refractivity contribution in [3.05, 3.63) is 100 Å². The molecule has 0 N–H and O–H groups in total. The van der Waals surface area contributed by atoms with Gasteiger partial charge in [-0.15, -0.1) is 10.2 Å². The number of halogens is 2. The van der Waals surface area contributed by atoms with Crippen molar-refractivity contribution >= 4 is 16.7 Å². The summed E-state index contributed by atoms with van der Waals surface area (Å²) in [6, 6.07) is 19.1. The number of fused-ring (bicyclic) bond motifs is 3. The minimum absolute atomic E-state index is 0.203. The van der Waals surface area contributed by atoms with E-state index in [-0.39, 0.29) is 23.7 Å². The van der Waals surface area contributed by atoms with Crippen LogP contribution in [0.3, 0.4) is 0 Å². The third-order valence-corrected chi connectivity index (χ3v) is 4.84. The molecular formula is C22H14F2N4O. The van der Waals surface area contributed by atoms with Gasteiger partial charge in [0.25, 0.3) is 5.56 Å². The molecule has 0 saturated carbocycles. The molecule has 29 heavy (non-hydrogen) atoms. The van der Waals surface area contributed by atoms with Crippen LogP contribution in [-0.2, 0) is 6.54 Å². The monoisotopic (exact) mass is 388 g/mol. The van der Waals surface area contributed by atoms with Gasteiger partial charge in [0, 0.05) is 5.56 Å². The van der Waals surface area contributed by atoms with Crippen molar-refractivity contribution in [2.24, 2.45) is 0 Å². The van der Waals surface area contributed by atoms with Gasteiger partial charge in [0.2, 0.25) is 5.78 Å². The molecule has 2 aromatic heterocycles. The zero-order valence-corrected chi connectivity index (χ0v) is 15.1. The van der Waals surface area contributed by atoms with Gasteiger partial charge in [-0.05, 0) is 42.0 Å². The van der Waals surface area contributed by atoms with E-state index < -0.39 is 0 Å². The van der Waals surface area contributed by atoms with Crippen molar-refractivity contribution in [1.82, 2.24) is 19.2 Å². The van der Waals surface area contributed by atoms with Gasteiger partial charge in [0.05, 0.1) is 17.4 Å². The molecule has 0 fully saturated rings.